The number of anilines is 1. The molecule has 2 rings (SSSR count). The first-order valence-electron chi connectivity index (χ1n) is 4.66. The highest BCUT2D eigenvalue weighted by Crippen LogP contribution is 2.12. The highest BCUT2D eigenvalue weighted by atomic mass is 16.5. The maximum atomic E-state index is 5.03. The molecule has 0 bridgehead atoms. The summed E-state index contributed by atoms with van der Waals surface area (Å²) in [4.78, 5) is 12.1. The summed E-state index contributed by atoms with van der Waals surface area (Å²) in [6, 6.07) is 1.70. The minimum atomic E-state index is 0.441. The van der Waals surface area contributed by atoms with Gasteiger partial charge in [0, 0.05) is 6.07 Å². The van der Waals surface area contributed by atoms with Crippen LogP contribution in [-0.2, 0) is 6.54 Å². The predicted octanol–water partition coefficient (Wildman–Crippen LogP) is 0.789. The van der Waals surface area contributed by atoms with Crippen LogP contribution >= 0.6 is 0 Å². The molecule has 0 atom stereocenters. The van der Waals surface area contributed by atoms with Crippen LogP contribution in [0.1, 0.15) is 11.6 Å². The van der Waals surface area contributed by atoms with E-state index < -0.39 is 0 Å². The van der Waals surface area contributed by atoms with Crippen LogP contribution in [0.15, 0.2) is 17.0 Å². The van der Waals surface area contributed by atoms with Crippen molar-refractivity contribution in [2.24, 2.45) is 0 Å². The van der Waals surface area contributed by atoms with E-state index >= 15 is 0 Å². The number of aryl methyl sites for hydroxylation is 1. The van der Waals surface area contributed by atoms with Gasteiger partial charge in [0.1, 0.15) is 11.6 Å². The molecule has 0 aliphatic carbocycles. The van der Waals surface area contributed by atoms with E-state index in [9.17, 15) is 0 Å². The van der Waals surface area contributed by atoms with Gasteiger partial charge in [-0.2, -0.15) is 9.97 Å². The fourth-order valence-electron chi connectivity index (χ4n) is 1.18. The molecule has 0 aromatic carbocycles. The lowest BCUT2D eigenvalue weighted by Crippen LogP contribution is -2.05. The molecule has 0 fully saturated rings. The lowest BCUT2D eigenvalue weighted by atomic mass is 10.5. The van der Waals surface area contributed by atoms with E-state index in [1.807, 2.05) is 0 Å². The lowest BCUT2D eigenvalue weighted by Gasteiger charge is -2.05. The lowest BCUT2D eigenvalue weighted by molar-refractivity contribution is 0.396. The molecular weight excluding hydrogens is 210 g/mol. The maximum Gasteiger partial charge on any atom is 0.218 e. The summed E-state index contributed by atoms with van der Waals surface area (Å²) in [5.74, 6) is 2.38. The van der Waals surface area contributed by atoms with Crippen molar-refractivity contribution in [3.8, 4) is 5.88 Å². The molecule has 0 saturated carbocycles. The Morgan fingerprint density at radius 3 is 3.00 bits per heavy atom. The molecule has 7 nitrogen and oxygen atoms in total. The van der Waals surface area contributed by atoms with Crippen LogP contribution in [0.2, 0.25) is 0 Å². The standard InChI is InChI=1S/C9H11N5O2/c1-6-12-7(3-9(13-6)15-2)10-4-8-11-5-16-14-8/h3,5H,4H2,1-2H3,(H,10,12,13). The van der Waals surface area contributed by atoms with Crippen molar-refractivity contribution in [2.45, 2.75) is 13.5 Å². The summed E-state index contributed by atoms with van der Waals surface area (Å²) in [5, 5.41) is 6.72. The zero-order chi connectivity index (χ0) is 11.4. The van der Waals surface area contributed by atoms with Crippen LogP contribution in [0, 0.1) is 6.92 Å². The Balaban J connectivity index is 2.06. The van der Waals surface area contributed by atoms with Gasteiger partial charge in [0.25, 0.3) is 0 Å². The summed E-state index contributed by atoms with van der Waals surface area (Å²) in [6.07, 6.45) is 1.28. The van der Waals surface area contributed by atoms with Gasteiger partial charge >= 0.3 is 0 Å². The van der Waals surface area contributed by atoms with Crippen molar-refractivity contribution in [1.82, 2.24) is 20.1 Å². The van der Waals surface area contributed by atoms with Crippen molar-refractivity contribution >= 4 is 5.82 Å². The van der Waals surface area contributed by atoms with Crippen LogP contribution in [0.5, 0.6) is 5.88 Å². The highest BCUT2D eigenvalue weighted by molar-refractivity contribution is 5.38. The molecule has 0 unspecified atom stereocenters. The number of nitrogens with zero attached hydrogens (tertiary/aromatic N) is 4. The van der Waals surface area contributed by atoms with Crippen molar-refractivity contribution in [3.05, 3.63) is 24.1 Å². The van der Waals surface area contributed by atoms with E-state index in [4.69, 9.17) is 4.74 Å². The Labute approximate surface area is 91.9 Å². The Morgan fingerprint density at radius 1 is 1.44 bits per heavy atom. The normalized spacial score (nSPS) is 10.1. The number of nitrogens with one attached hydrogen (secondary N) is 1. The second-order valence-corrected chi connectivity index (χ2v) is 3.04. The minimum absolute atomic E-state index is 0.441. The summed E-state index contributed by atoms with van der Waals surface area (Å²) in [5.41, 5.74) is 0. The van der Waals surface area contributed by atoms with E-state index in [0.29, 0.717) is 29.9 Å². The number of aromatic nitrogens is 4. The molecule has 84 valence electrons. The minimum Gasteiger partial charge on any atom is -0.481 e. The van der Waals surface area contributed by atoms with Crippen LogP contribution in [0.25, 0.3) is 0 Å². The average Bonchev–Trinajstić information content (AvgIpc) is 2.78. The zero-order valence-electron chi connectivity index (χ0n) is 8.97. The second-order valence-electron chi connectivity index (χ2n) is 3.04. The molecule has 0 spiro atoms. The summed E-state index contributed by atoms with van der Waals surface area (Å²) in [6.45, 7) is 2.23. The third-order valence-corrected chi connectivity index (χ3v) is 1.86. The van der Waals surface area contributed by atoms with Gasteiger partial charge in [-0.15, -0.1) is 0 Å². The predicted molar refractivity (Wildman–Crippen MR) is 54.9 cm³/mol. The Kier molecular flexibility index (Phi) is 2.95. The molecule has 0 amide bonds. The van der Waals surface area contributed by atoms with Crippen molar-refractivity contribution in [1.29, 1.82) is 0 Å². The number of methoxy groups -OCH3 is 1. The quantitative estimate of drug-likeness (QED) is 0.816. The van der Waals surface area contributed by atoms with E-state index in [-0.39, 0.29) is 0 Å². The second kappa shape index (κ2) is 4.56. The molecule has 0 radical (unpaired) electrons. The van der Waals surface area contributed by atoms with Crippen LogP contribution in [0.3, 0.4) is 0 Å². The van der Waals surface area contributed by atoms with Crippen LogP contribution in [0.4, 0.5) is 5.82 Å². The third kappa shape index (κ3) is 2.44. The van der Waals surface area contributed by atoms with Gasteiger partial charge in [0.05, 0.1) is 13.7 Å². The molecule has 7 heteroatoms. The van der Waals surface area contributed by atoms with Crippen LogP contribution in [-0.4, -0.2) is 27.2 Å². The smallest absolute Gasteiger partial charge is 0.218 e. The van der Waals surface area contributed by atoms with Gasteiger partial charge < -0.3 is 14.6 Å². The monoisotopic (exact) mass is 221 g/mol. The molecular formula is C9H11N5O2. The first kappa shape index (κ1) is 10.3. The fourth-order valence-corrected chi connectivity index (χ4v) is 1.18. The number of hydrogen-bond donors (Lipinski definition) is 1. The van der Waals surface area contributed by atoms with E-state index in [1.165, 1.54) is 6.39 Å². The number of ether oxygens (including phenoxy) is 1. The van der Waals surface area contributed by atoms with E-state index in [2.05, 4.69) is 29.9 Å². The van der Waals surface area contributed by atoms with Crippen molar-refractivity contribution in [3.63, 3.8) is 0 Å². The molecule has 0 saturated heterocycles. The van der Waals surface area contributed by atoms with Gasteiger partial charge in [-0.25, -0.2) is 4.98 Å². The molecule has 1 N–H and O–H groups in total. The van der Waals surface area contributed by atoms with Gasteiger partial charge in [0.2, 0.25) is 12.3 Å². The van der Waals surface area contributed by atoms with Gasteiger partial charge in [-0.1, -0.05) is 5.16 Å². The topological polar surface area (TPSA) is 86.0 Å². The maximum absolute atomic E-state index is 5.03. The zero-order valence-corrected chi connectivity index (χ0v) is 8.97. The van der Waals surface area contributed by atoms with E-state index in [0.717, 1.165) is 0 Å². The van der Waals surface area contributed by atoms with E-state index in [1.54, 1.807) is 20.1 Å². The first-order chi connectivity index (χ1) is 7.78. The van der Waals surface area contributed by atoms with Gasteiger partial charge in [-0.05, 0) is 6.92 Å². The van der Waals surface area contributed by atoms with Gasteiger partial charge in [0.15, 0.2) is 5.82 Å². The molecule has 2 heterocycles. The number of rotatable bonds is 4. The average molecular weight is 221 g/mol. The first-order valence-corrected chi connectivity index (χ1v) is 4.66. The van der Waals surface area contributed by atoms with Crippen LogP contribution < -0.4 is 10.1 Å². The SMILES string of the molecule is COc1cc(NCc2ncon2)nc(C)n1. The third-order valence-electron chi connectivity index (χ3n) is 1.86. The highest BCUT2D eigenvalue weighted by Gasteiger charge is 2.03. The molecule has 16 heavy (non-hydrogen) atoms. The Morgan fingerprint density at radius 2 is 2.31 bits per heavy atom. The summed E-state index contributed by atoms with van der Waals surface area (Å²) >= 11 is 0. The fraction of sp³-hybridized carbons (Fsp3) is 0.333. The van der Waals surface area contributed by atoms with Gasteiger partial charge in [-0.3, -0.25) is 0 Å². The Bertz CT molecular complexity index is 457. The summed E-state index contributed by atoms with van der Waals surface area (Å²) in [7, 11) is 1.56. The molecule has 0 aliphatic heterocycles. The molecule has 2 aromatic rings. The summed E-state index contributed by atoms with van der Waals surface area (Å²) < 4.78 is 9.64. The Hall–Kier alpha value is -2.18. The molecule has 0 aliphatic rings. The number of hydrogen-bond acceptors (Lipinski definition) is 7. The molecule has 2 aromatic heterocycles. The van der Waals surface area contributed by atoms with Crippen molar-refractivity contribution in [2.75, 3.05) is 12.4 Å². The van der Waals surface area contributed by atoms with Crippen molar-refractivity contribution < 1.29 is 9.26 Å². The largest absolute Gasteiger partial charge is 0.481 e.